The number of carbonyl (C=O) groups is 2. The van der Waals surface area contributed by atoms with E-state index in [1.165, 1.54) is 4.90 Å². The minimum atomic E-state index is -0.700. The number of hydrogen-bond donors (Lipinski definition) is 1. The van der Waals surface area contributed by atoms with Crippen LogP contribution in [0.4, 0.5) is 4.39 Å². The molecule has 0 heterocycles. The number of amides is 2. The number of nitrogens with two attached hydrogens (primary N) is 1. The van der Waals surface area contributed by atoms with Crippen LogP contribution < -0.4 is 5.73 Å². The van der Waals surface area contributed by atoms with Gasteiger partial charge in [0.15, 0.2) is 0 Å². The zero-order valence-corrected chi connectivity index (χ0v) is 7.05. The molecular weight excluding hydrogens is 163 g/mol. The van der Waals surface area contributed by atoms with Gasteiger partial charge in [-0.2, -0.15) is 0 Å². The summed E-state index contributed by atoms with van der Waals surface area (Å²) < 4.78 is 11.7. The minimum absolute atomic E-state index is 0.130. The van der Waals surface area contributed by atoms with Crippen molar-refractivity contribution in [3.05, 3.63) is 0 Å². The molecule has 0 aliphatic carbocycles. The smallest absolute Gasteiger partial charge is 0.237 e. The second kappa shape index (κ2) is 5.51. The summed E-state index contributed by atoms with van der Waals surface area (Å²) in [6.45, 7) is 1.25. The zero-order chi connectivity index (χ0) is 9.56. The van der Waals surface area contributed by atoms with Crippen molar-refractivity contribution in [1.82, 2.24) is 4.90 Å². The van der Waals surface area contributed by atoms with Crippen LogP contribution >= 0.6 is 0 Å². The van der Waals surface area contributed by atoms with Crippen LogP contribution in [0.2, 0.25) is 0 Å². The van der Waals surface area contributed by atoms with Gasteiger partial charge in [0.25, 0.3) is 0 Å². The molecule has 70 valence electrons. The molecule has 0 saturated heterocycles. The molecular formula is C7H13FN2O2. The highest BCUT2D eigenvalue weighted by atomic mass is 19.1. The lowest BCUT2D eigenvalue weighted by Crippen LogP contribution is -2.38. The molecule has 0 aromatic heterocycles. The van der Waals surface area contributed by atoms with Crippen molar-refractivity contribution in [2.45, 2.75) is 13.3 Å². The van der Waals surface area contributed by atoms with Crippen LogP contribution in [0.3, 0.4) is 0 Å². The summed E-state index contributed by atoms with van der Waals surface area (Å²) in [5.74, 6) is -0.956. The Morgan fingerprint density at radius 3 is 2.42 bits per heavy atom. The highest BCUT2D eigenvalue weighted by Gasteiger charge is 2.12. The minimum Gasteiger partial charge on any atom is -0.368 e. The Morgan fingerprint density at radius 1 is 1.50 bits per heavy atom. The van der Waals surface area contributed by atoms with E-state index in [4.69, 9.17) is 5.73 Å². The summed E-state index contributed by atoms with van der Waals surface area (Å²) >= 11 is 0. The van der Waals surface area contributed by atoms with Crippen LogP contribution in [0, 0.1) is 0 Å². The van der Waals surface area contributed by atoms with E-state index < -0.39 is 12.6 Å². The van der Waals surface area contributed by atoms with Crippen molar-refractivity contribution in [2.75, 3.05) is 19.8 Å². The average molecular weight is 176 g/mol. The van der Waals surface area contributed by atoms with E-state index in [0.29, 0.717) is 6.54 Å². The first-order chi connectivity index (χ1) is 5.61. The number of carbonyl (C=O) groups excluding carboxylic acids is 2. The summed E-state index contributed by atoms with van der Waals surface area (Å²) in [4.78, 5) is 22.6. The highest BCUT2D eigenvalue weighted by molar-refractivity contribution is 5.83. The molecule has 12 heavy (non-hydrogen) atoms. The predicted octanol–water partition coefficient (Wildman–Crippen LogP) is -0.320. The van der Waals surface area contributed by atoms with E-state index in [1.807, 2.05) is 0 Å². The molecule has 5 heteroatoms. The summed E-state index contributed by atoms with van der Waals surface area (Å²) in [5.41, 5.74) is 4.88. The molecule has 0 spiro atoms. The van der Waals surface area contributed by atoms with Crippen molar-refractivity contribution in [1.29, 1.82) is 0 Å². The average Bonchev–Trinajstić information content (AvgIpc) is 2.00. The number of halogens is 1. The Kier molecular flexibility index (Phi) is 4.99. The topological polar surface area (TPSA) is 63.4 Å². The zero-order valence-electron chi connectivity index (χ0n) is 7.05. The molecule has 0 aliphatic rings. The number of nitrogens with zero attached hydrogens (tertiary/aromatic N) is 1. The van der Waals surface area contributed by atoms with Gasteiger partial charge in [-0.15, -0.1) is 0 Å². The van der Waals surface area contributed by atoms with Gasteiger partial charge >= 0.3 is 0 Å². The maximum atomic E-state index is 11.7. The van der Waals surface area contributed by atoms with Crippen LogP contribution in [0.15, 0.2) is 0 Å². The van der Waals surface area contributed by atoms with E-state index in [9.17, 15) is 14.0 Å². The van der Waals surface area contributed by atoms with Crippen LogP contribution in [0.5, 0.6) is 0 Å². The fraction of sp³-hybridized carbons (Fsp3) is 0.714. The number of primary amides is 1. The molecule has 4 nitrogen and oxygen atoms in total. The van der Waals surface area contributed by atoms with E-state index in [-0.39, 0.29) is 18.9 Å². The van der Waals surface area contributed by atoms with Crippen molar-refractivity contribution in [3.8, 4) is 0 Å². The number of hydrogen-bond acceptors (Lipinski definition) is 2. The Labute approximate surface area is 70.5 Å². The molecule has 0 fully saturated rings. The van der Waals surface area contributed by atoms with Crippen molar-refractivity contribution >= 4 is 11.8 Å². The maximum Gasteiger partial charge on any atom is 0.237 e. The molecule has 2 N–H and O–H groups in total. The largest absolute Gasteiger partial charge is 0.368 e. The Morgan fingerprint density at radius 2 is 2.08 bits per heavy atom. The fourth-order valence-corrected chi connectivity index (χ4v) is 0.803. The highest BCUT2D eigenvalue weighted by Crippen LogP contribution is 1.93. The molecule has 0 atom stereocenters. The third-order valence-corrected chi connectivity index (χ3v) is 1.39. The third-order valence-electron chi connectivity index (χ3n) is 1.39. The SMILES string of the molecule is CCN(CC(N)=O)C(=O)CCF. The normalized spacial score (nSPS) is 9.50. The molecule has 2 amide bonds. The summed E-state index contributed by atoms with van der Waals surface area (Å²) in [6.07, 6.45) is -0.179. The summed E-state index contributed by atoms with van der Waals surface area (Å²) in [7, 11) is 0. The number of alkyl halides is 1. The monoisotopic (exact) mass is 176 g/mol. The van der Waals surface area contributed by atoms with Gasteiger partial charge in [0, 0.05) is 6.54 Å². The first kappa shape index (κ1) is 10.9. The number of likely N-dealkylation sites (N-methyl/N-ethyl adjacent to an activating group) is 1. The molecule has 0 saturated carbocycles. The van der Waals surface area contributed by atoms with Gasteiger partial charge in [0.05, 0.1) is 19.6 Å². The van der Waals surface area contributed by atoms with Gasteiger partial charge < -0.3 is 10.6 Å². The van der Waals surface area contributed by atoms with E-state index in [1.54, 1.807) is 6.92 Å². The molecule has 0 unspecified atom stereocenters. The first-order valence-corrected chi connectivity index (χ1v) is 3.73. The van der Waals surface area contributed by atoms with Gasteiger partial charge in [-0.05, 0) is 6.92 Å². The third kappa shape index (κ3) is 3.90. The van der Waals surface area contributed by atoms with Crippen LogP contribution in [-0.2, 0) is 9.59 Å². The molecule has 0 aromatic carbocycles. The van der Waals surface area contributed by atoms with Crippen molar-refractivity contribution in [2.24, 2.45) is 5.73 Å². The standard InChI is InChI=1S/C7H13FN2O2/c1-2-10(5-6(9)11)7(12)3-4-8/h2-5H2,1H3,(H2,9,11). The summed E-state index contributed by atoms with van der Waals surface area (Å²) in [5, 5.41) is 0. The molecule has 0 rings (SSSR count). The van der Waals surface area contributed by atoms with Gasteiger partial charge in [-0.3, -0.25) is 14.0 Å². The van der Waals surface area contributed by atoms with Gasteiger partial charge in [0.1, 0.15) is 0 Å². The lowest BCUT2D eigenvalue weighted by molar-refractivity contribution is -0.135. The molecule has 0 aliphatic heterocycles. The quantitative estimate of drug-likeness (QED) is 0.624. The second-order valence-corrected chi connectivity index (χ2v) is 2.31. The van der Waals surface area contributed by atoms with Crippen molar-refractivity contribution in [3.63, 3.8) is 0 Å². The van der Waals surface area contributed by atoms with Crippen LogP contribution in [0.1, 0.15) is 13.3 Å². The van der Waals surface area contributed by atoms with Gasteiger partial charge in [0.2, 0.25) is 11.8 Å². The Balaban J connectivity index is 3.96. The second-order valence-electron chi connectivity index (χ2n) is 2.31. The lowest BCUT2D eigenvalue weighted by Gasteiger charge is -2.17. The predicted molar refractivity (Wildman–Crippen MR) is 42.0 cm³/mol. The Hall–Kier alpha value is -1.13. The molecule has 0 aromatic rings. The van der Waals surface area contributed by atoms with Crippen LogP contribution in [0.25, 0.3) is 0 Å². The Bertz CT molecular complexity index is 173. The maximum absolute atomic E-state index is 11.7. The fourth-order valence-electron chi connectivity index (χ4n) is 0.803. The number of rotatable bonds is 5. The van der Waals surface area contributed by atoms with Gasteiger partial charge in [-0.25, -0.2) is 0 Å². The first-order valence-electron chi connectivity index (χ1n) is 3.73. The van der Waals surface area contributed by atoms with E-state index >= 15 is 0 Å². The molecule has 0 bridgehead atoms. The van der Waals surface area contributed by atoms with Gasteiger partial charge in [-0.1, -0.05) is 0 Å². The lowest BCUT2D eigenvalue weighted by atomic mass is 10.3. The van der Waals surface area contributed by atoms with Crippen LogP contribution in [-0.4, -0.2) is 36.5 Å². The molecule has 0 radical (unpaired) electrons. The summed E-state index contributed by atoms with van der Waals surface area (Å²) in [6, 6.07) is 0. The van der Waals surface area contributed by atoms with E-state index in [0.717, 1.165) is 0 Å². The van der Waals surface area contributed by atoms with Crippen molar-refractivity contribution < 1.29 is 14.0 Å². The van der Waals surface area contributed by atoms with E-state index in [2.05, 4.69) is 0 Å².